The number of hydrogen-bond acceptors (Lipinski definition) is 4. The highest BCUT2D eigenvalue weighted by atomic mass is 35.5. The maximum atomic E-state index is 12.5. The summed E-state index contributed by atoms with van der Waals surface area (Å²) in [6, 6.07) is 14.0. The molecule has 0 saturated heterocycles. The van der Waals surface area contributed by atoms with Crippen LogP contribution in [0.25, 0.3) is 0 Å². The molecule has 7 heteroatoms. The molecular weight excluding hydrogens is 342 g/mol. The van der Waals surface area contributed by atoms with Crippen LogP contribution in [0.4, 0.5) is 11.4 Å². The summed E-state index contributed by atoms with van der Waals surface area (Å²) in [5.74, 6) is 0.0143. The number of nitrogens with one attached hydrogen (secondary N) is 2. The van der Waals surface area contributed by atoms with Crippen LogP contribution in [-0.4, -0.2) is 18.9 Å². The van der Waals surface area contributed by atoms with Gasteiger partial charge in [0.25, 0.3) is 5.91 Å². The van der Waals surface area contributed by atoms with E-state index in [-0.39, 0.29) is 23.9 Å². The second kappa shape index (κ2) is 7.27. The molecule has 128 valence electrons. The summed E-state index contributed by atoms with van der Waals surface area (Å²) >= 11 is 6.06. The first-order valence-electron chi connectivity index (χ1n) is 7.58. The van der Waals surface area contributed by atoms with Crippen molar-refractivity contribution in [3.05, 3.63) is 65.3 Å². The smallest absolute Gasteiger partial charge is 0.273 e. The summed E-state index contributed by atoms with van der Waals surface area (Å²) in [6.07, 6.45) is 1.69. The Kier molecular flexibility index (Phi) is 4.90. The Labute approximate surface area is 150 Å². The van der Waals surface area contributed by atoms with Crippen LogP contribution in [0.15, 0.2) is 60.3 Å². The lowest BCUT2D eigenvalue weighted by molar-refractivity contribution is -0.119. The molecule has 2 amide bonds. The van der Waals surface area contributed by atoms with Gasteiger partial charge in [-0.3, -0.25) is 15.0 Å². The average molecular weight is 358 g/mol. The van der Waals surface area contributed by atoms with E-state index in [1.807, 2.05) is 18.2 Å². The Hall–Kier alpha value is -2.99. The van der Waals surface area contributed by atoms with Gasteiger partial charge in [-0.05, 0) is 36.4 Å². The van der Waals surface area contributed by atoms with E-state index in [9.17, 15) is 9.59 Å². The summed E-state index contributed by atoms with van der Waals surface area (Å²) in [7, 11) is 1.52. The second-order valence-corrected chi connectivity index (χ2v) is 5.71. The van der Waals surface area contributed by atoms with Gasteiger partial charge in [-0.25, -0.2) is 5.01 Å². The molecular formula is C18H16ClN3O3. The molecule has 0 atom stereocenters. The van der Waals surface area contributed by atoms with Gasteiger partial charge in [0.2, 0.25) is 5.91 Å². The van der Waals surface area contributed by atoms with Gasteiger partial charge in [-0.15, -0.1) is 0 Å². The third-order valence-corrected chi connectivity index (χ3v) is 3.93. The zero-order valence-corrected chi connectivity index (χ0v) is 14.2. The van der Waals surface area contributed by atoms with E-state index in [0.29, 0.717) is 22.1 Å². The summed E-state index contributed by atoms with van der Waals surface area (Å²) in [5.41, 5.74) is 4.33. The Bertz CT molecular complexity index is 837. The number of ether oxygens (including phenoxy) is 1. The molecule has 1 aliphatic rings. The fourth-order valence-electron chi connectivity index (χ4n) is 2.38. The fraction of sp³-hybridized carbons (Fsp3) is 0.111. The van der Waals surface area contributed by atoms with Crippen molar-refractivity contribution in [2.45, 2.75) is 6.42 Å². The number of halogens is 1. The number of rotatable bonds is 4. The first-order chi connectivity index (χ1) is 12.1. The molecule has 1 heterocycles. The van der Waals surface area contributed by atoms with Gasteiger partial charge in [0.1, 0.15) is 11.4 Å². The number of methoxy groups -OCH3 is 1. The van der Waals surface area contributed by atoms with Crippen LogP contribution in [0.2, 0.25) is 5.02 Å². The summed E-state index contributed by atoms with van der Waals surface area (Å²) in [5, 5.41) is 4.50. The van der Waals surface area contributed by atoms with E-state index in [1.165, 1.54) is 12.1 Å². The van der Waals surface area contributed by atoms with E-state index in [4.69, 9.17) is 16.3 Å². The summed E-state index contributed by atoms with van der Waals surface area (Å²) < 4.78 is 5.08. The number of amides is 2. The van der Waals surface area contributed by atoms with Crippen molar-refractivity contribution in [2.24, 2.45) is 0 Å². The minimum Gasteiger partial charge on any atom is -0.495 e. The topological polar surface area (TPSA) is 70.7 Å². The van der Waals surface area contributed by atoms with Crippen molar-refractivity contribution in [3.8, 4) is 5.75 Å². The molecule has 25 heavy (non-hydrogen) atoms. The van der Waals surface area contributed by atoms with Crippen molar-refractivity contribution in [2.75, 3.05) is 17.4 Å². The number of nitrogens with zero attached hydrogens (tertiary/aromatic N) is 1. The molecule has 0 spiro atoms. The number of benzene rings is 2. The van der Waals surface area contributed by atoms with E-state index in [2.05, 4.69) is 10.7 Å². The van der Waals surface area contributed by atoms with Crippen LogP contribution >= 0.6 is 11.6 Å². The van der Waals surface area contributed by atoms with Crippen molar-refractivity contribution in [3.63, 3.8) is 0 Å². The standard InChI is InChI=1S/C18H16ClN3O3/c1-25-16-9-7-12(11-14(16)19)20-18(24)15-8-10-17(23)22(21-15)13-5-3-2-4-6-13/h2-9,11,21H,10H2,1H3,(H,20,24). The number of anilines is 2. The predicted molar refractivity (Wildman–Crippen MR) is 96.4 cm³/mol. The first kappa shape index (κ1) is 16.9. The number of hydrogen-bond donors (Lipinski definition) is 2. The van der Waals surface area contributed by atoms with Gasteiger partial charge in [0.05, 0.1) is 17.8 Å². The zero-order valence-electron chi connectivity index (χ0n) is 13.5. The molecule has 0 unspecified atom stereocenters. The van der Waals surface area contributed by atoms with Crippen molar-refractivity contribution < 1.29 is 14.3 Å². The summed E-state index contributed by atoms with van der Waals surface area (Å²) in [6.45, 7) is 0. The third kappa shape index (κ3) is 3.75. The molecule has 0 saturated carbocycles. The predicted octanol–water partition coefficient (Wildman–Crippen LogP) is 3.11. The normalized spacial score (nSPS) is 13.8. The molecule has 3 rings (SSSR count). The van der Waals surface area contributed by atoms with Gasteiger partial charge in [-0.1, -0.05) is 29.8 Å². The van der Waals surface area contributed by atoms with Crippen molar-refractivity contribution >= 4 is 34.8 Å². The van der Waals surface area contributed by atoms with Gasteiger partial charge in [0.15, 0.2) is 0 Å². The first-order valence-corrected chi connectivity index (χ1v) is 7.96. The van der Waals surface area contributed by atoms with Crippen molar-refractivity contribution in [1.29, 1.82) is 0 Å². The lowest BCUT2D eigenvalue weighted by Crippen LogP contribution is -2.47. The maximum Gasteiger partial charge on any atom is 0.273 e. The van der Waals surface area contributed by atoms with Crippen LogP contribution in [0.1, 0.15) is 6.42 Å². The minimum atomic E-state index is -0.366. The van der Waals surface area contributed by atoms with Gasteiger partial charge < -0.3 is 10.1 Å². The number of carbonyl (C=O) groups is 2. The molecule has 0 bridgehead atoms. The van der Waals surface area contributed by atoms with E-state index >= 15 is 0 Å². The van der Waals surface area contributed by atoms with E-state index in [0.717, 1.165) is 0 Å². The van der Waals surface area contributed by atoms with Gasteiger partial charge >= 0.3 is 0 Å². The number of para-hydroxylation sites is 1. The van der Waals surface area contributed by atoms with Crippen molar-refractivity contribution in [1.82, 2.24) is 5.43 Å². The quantitative estimate of drug-likeness (QED) is 0.882. The molecule has 0 radical (unpaired) electrons. The van der Waals surface area contributed by atoms with E-state index < -0.39 is 0 Å². The average Bonchev–Trinajstić information content (AvgIpc) is 2.63. The highest BCUT2D eigenvalue weighted by Gasteiger charge is 2.24. The van der Waals surface area contributed by atoms with Crippen LogP contribution in [-0.2, 0) is 9.59 Å². The third-order valence-electron chi connectivity index (χ3n) is 3.63. The van der Waals surface area contributed by atoms with Crippen LogP contribution in [0.3, 0.4) is 0 Å². The molecule has 0 aromatic heterocycles. The number of hydrazine groups is 1. The Morgan fingerprint density at radius 1 is 1.24 bits per heavy atom. The molecule has 2 N–H and O–H groups in total. The SMILES string of the molecule is COc1ccc(NC(=O)C2=CCC(=O)N(c3ccccc3)N2)cc1Cl. The molecule has 2 aromatic rings. The lowest BCUT2D eigenvalue weighted by Gasteiger charge is -2.28. The Morgan fingerprint density at radius 2 is 2.00 bits per heavy atom. The largest absolute Gasteiger partial charge is 0.495 e. The molecule has 0 fully saturated rings. The van der Waals surface area contributed by atoms with Gasteiger partial charge in [-0.2, -0.15) is 0 Å². The van der Waals surface area contributed by atoms with Crippen LogP contribution in [0.5, 0.6) is 5.75 Å². The lowest BCUT2D eigenvalue weighted by atomic mass is 10.2. The number of carbonyl (C=O) groups excluding carboxylic acids is 2. The monoisotopic (exact) mass is 357 g/mol. The molecule has 2 aromatic carbocycles. The fourth-order valence-corrected chi connectivity index (χ4v) is 2.64. The molecule has 1 aliphatic heterocycles. The van der Waals surface area contributed by atoms with E-state index in [1.54, 1.807) is 36.4 Å². The minimum absolute atomic E-state index is 0.133. The zero-order chi connectivity index (χ0) is 17.8. The molecule has 6 nitrogen and oxygen atoms in total. The van der Waals surface area contributed by atoms with Gasteiger partial charge in [0, 0.05) is 12.1 Å². The van der Waals surface area contributed by atoms with Crippen LogP contribution in [0, 0.1) is 0 Å². The summed E-state index contributed by atoms with van der Waals surface area (Å²) in [4.78, 5) is 24.6. The Balaban J connectivity index is 1.74. The Morgan fingerprint density at radius 3 is 2.68 bits per heavy atom. The van der Waals surface area contributed by atoms with Crippen LogP contribution < -0.4 is 20.5 Å². The molecule has 0 aliphatic carbocycles. The maximum absolute atomic E-state index is 12.5. The highest BCUT2D eigenvalue weighted by molar-refractivity contribution is 6.32. The highest BCUT2D eigenvalue weighted by Crippen LogP contribution is 2.27. The second-order valence-electron chi connectivity index (χ2n) is 5.30.